The standard InChI is InChI=1S/C26H26N4O3S/c1-16-22-12-11-21-23(17-7-6-10-20(13-17)30-34(2,32)33)28-29-25(21)26(22,14-18(15-27)24(16)31)19-8-4-3-5-9-19/h3-10,13,16,18,22,30H,11-12,14H2,1-2H3,(H,28,29)/t16-,18?,22?,26-/m0/s1. The number of rotatable bonds is 4. The van der Waals surface area contributed by atoms with Gasteiger partial charge in [0, 0.05) is 33.8 Å². The number of nitrogens with one attached hydrogen (secondary N) is 2. The van der Waals surface area contributed by atoms with E-state index in [1.807, 2.05) is 31.2 Å². The van der Waals surface area contributed by atoms with Crippen molar-refractivity contribution in [1.29, 1.82) is 5.26 Å². The maximum atomic E-state index is 13.0. The fourth-order valence-corrected chi connectivity index (χ4v) is 6.64. The van der Waals surface area contributed by atoms with Gasteiger partial charge in [0.25, 0.3) is 0 Å². The summed E-state index contributed by atoms with van der Waals surface area (Å²) in [5.74, 6) is -0.819. The van der Waals surface area contributed by atoms with Crippen molar-refractivity contribution in [1.82, 2.24) is 10.2 Å². The number of hydrogen-bond donors (Lipinski definition) is 2. The average molecular weight is 475 g/mol. The minimum atomic E-state index is -3.40. The zero-order chi connectivity index (χ0) is 24.1. The first-order valence-electron chi connectivity index (χ1n) is 11.4. The van der Waals surface area contributed by atoms with Crippen LogP contribution < -0.4 is 4.72 Å². The third-order valence-electron chi connectivity index (χ3n) is 7.46. The van der Waals surface area contributed by atoms with Gasteiger partial charge in [0.05, 0.1) is 18.0 Å². The van der Waals surface area contributed by atoms with E-state index in [4.69, 9.17) is 5.10 Å². The van der Waals surface area contributed by atoms with Gasteiger partial charge in [-0.2, -0.15) is 10.4 Å². The normalized spacial score (nSPS) is 26.3. The number of benzene rings is 2. The summed E-state index contributed by atoms with van der Waals surface area (Å²) in [6, 6.07) is 19.6. The lowest BCUT2D eigenvalue weighted by atomic mass is 9.51. The number of ketones is 1. The van der Waals surface area contributed by atoms with Crippen LogP contribution in [0.25, 0.3) is 11.3 Å². The van der Waals surface area contributed by atoms with Crippen molar-refractivity contribution in [2.24, 2.45) is 17.8 Å². The molecule has 1 fully saturated rings. The lowest BCUT2D eigenvalue weighted by Crippen LogP contribution is -2.52. The molecule has 2 aromatic carbocycles. The highest BCUT2D eigenvalue weighted by molar-refractivity contribution is 7.92. The Hall–Kier alpha value is -3.44. The van der Waals surface area contributed by atoms with Crippen LogP contribution in [0.1, 0.15) is 36.6 Å². The number of Topliss-reactive ketones (excluding diaryl/α,β-unsaturated/α-hetero) is 1. The summed E-state index contributed by atoms with van der Waals surface area (Å²) in [5, 5.41) is 17.8. The van der Waals surface area contributed by atoms with Crippen molar-refractivity contribution in [3.8, 4) is 17.3 Å². The van der Waals surface area contributed by atoms with Gasteiger partial charge in [-0.25, -0.2) is 8.42 Å². The van der Waals surface area contributed by atoms with E-state index < -0.39 is 21.4 Å². The van der Waals surface area contributed by atoms with Crippen molar-refractivity contribution in [3.05, 3.63) is 71.4 Å². The van der Waals surface area contributed by atoms with E-state index in [0.717, 1.165) is 47.2 Å². The van der Waals surface area contributed by atoms with Crippen LogP contribution in [-0.2, 0) is 26.7 Å². The first kappa shape index (κ1) is 22.4. The van der Waals surface area contributed by atoms with Gasteiger partial charge in [-0.3, -0.25) is 14.6 Å². The molecule has 0 spiro atoms. The van der Waals surface area contributed by atoms with Gasteiger partial charge in [0.1, 0.15) is 5.92 Å². The number of hydrogen-bond acceptors (Lipinski definition) is 5. The molecule has 5 rings (SSSR count). The Morgan fingerprint density at radius 3 is 2.65 bits per heavy atom. The number of anilines is 1. The van der Waals surface area contributed by atoms with Crippen LogP contribution in [0.2, 0.25) is 0 Å². The molecule has 0 saturated heterocycles. The van der Waals surface area contributed by atoms with E-state index in [0.29, 0.717) is 12.1 Å². The fraction of sp³-hybridized carbons (Fsp3) is 0.346. The van der Waals surface area contributed by atoms with Crippen LogP contribution >= 0.6 is 0 Å². The Balaban J connectivity index is 1.68. The van der Waals surface area contributed by atoms with E-state index in [-0.39, 0.29) is 17.6 Å². The SMILES string of the molecule is C[C@@H]1C(=O)C(C#N)C[C@@]2(c3ccccc3)c3[nH]nc(-c4cccc(NS(C)(=O)=O)c4)c3CCC12. The van der Waals surface area contributed by atoms with Crippen LogP contribution in [0, 0.1) is 29.1 Å². The Bertz CT molecular complexity index is 1410. The summed E-state index contributed by atoms with van der Waals surface area (Å²) >= 11 is 0. The zero-order valence-corrected chi connectivity index (χ0v) is 19.9. The minimum absolute atomic E-state index is 0.0294. The van der Waals surface area contributed by atoms with Gasteiger partial charge in [-0.15, -0.1) is 0 Å². The molecule has 4 atom stereocenters. The average Bonchev–Trinajstić information content (AvgIpc) is 3.26. The first-order chi connectivity index (χ1) is 16.2. The fourth-order valence-electron chi connectivity index (χ4n) is 6.08. The summed E-state index contributed by atoms with van der Waals surface area (Å²) in [5.41, 5.74) is 4.66. The molecule has 0 aliphatic heterocycles. The number of fused-ring (bicyclic) bond motifs is 3. The summed E-state index contributed by atoms with van der Waals surface area (Å²) in [6.45, 7) is 1.96. The second kappa shape index (κ2) is 8.10. The number of carbonyl (C=O) groups is 1. The molecule has 3 aromatic rings. The third kappa shape index (κ3) is 3.51. The van der Waals surface area contributed by atoms with Gasteiger partial charge in [0.2, 0.25) is 10.0 Å². The van der Waals surface area contributed by atoms with E-state index in [1.165, 1.54) is 0 Å². The number of sulfonamides is 1. The maximum Gasteiger partial charge on any atom is 0.229 e. The molecule has 1 saturated carbocycles. The molecule has 1 heterocycles. The predicted octanol–water partition coefficient (Wildman–Crippen LogP) is 4.05. The molecule has 34 heavy (non-hydrogen) atoms. The topological polar surface area (TPSA) is 116 Å². The minimum Gasteiger partial charge on any atom is -0.298 e. The number of H-pyrrole nitrogens is 1. The van der Waals surface area contributed by atoms with E-state index in [1.54, 1.807) is 18.2 Å². The molecular formula is C26H26N4O3S. The highest BCUT2D eigenvalue weighted by atomic mass is 32.2. The Morgan fingerprint density at radius 1 is 1.18 bits per heavy atom. The molecule has 2 N–H and O–H groups in total. The number of carbonyl (C=O) groups excluding carboxylic acids is 1. The van der Waals surface area contributed by atoms with Crippen molar-refractivity contribution in [3.63, 3.8) is 0 Å². The predicted molar refractivity (Wildman–Crippen MR) is 129 cm³/mol. The Labute approximate surface area is 199 Å². The lowest BCUT2D eigenvalue weighted by molar-refractivity contribution is -0.131. The lowest BCUT2D eigenvalue weighted by Gasteiger charge is -2.50. The van der Waals surface area contributed by atoms with Crippen molar-refractivity contribution < 1.29 is 13.2 Å². The van der Waals surface area contributed by atoms with Gasteiger partial charge >= 0.3 is 0 Å². The Kier molecular flexibility index (Phi) is 5.33. The molecule has 0 bridgehead atoms. The summed E-state index contributed by atoms with van der Waals surface area (Å²) in [4.78, 5) is 13.0. The van der Waals surface area contributed by atoms with Crippen molar-refractivity contribution in [2.75, 3.05) is 11.0 Å². The first-order valence-corrected chi connectivity index (χ1v) is 13.3. The van der Waals surface area contributed by atoms with Crippen molar-refractivity contribution >= 4 is 21.5 Å². The molecule has 0 amide bonds. The summed E-state index contributed by atoms with van der Waals surface area (Å²) < 4.78 is 26.0. The second-order valence-electron chi connectivity index (χ2n) is 9.44. The molecule has 2 aliphatic rings. The van der Waals surface area contributed by atoms with Gasteiger partial charge in [-0.05, 0) is 42.9 Å². The molecule has 2 unspecified atom stereocenters. The monoisotopic (exact) mass is 474 g/mol. The third-order valence-corrected chi connectivity index (χ3v) is 8.06. The quantitative estimate of drug-likeness (QED) is 0.592. The Morgan fingerprint density at radius 2 is 1.94 bits per heavy atom. The van der Waals surface area contributed by atoms with Crippen LogP contribution in [0.3, 0.4) is 0 Å². The van der Waals surface area contributed by atoms with Gasteiger partial charge < -0.3 is 0 Å². The molecule has 174 valence electrons. The van der Waals surface area contributed by atoms with E-state index in [2.05, 4.69) is 28.0 Å². The van der Waals surface area contributed by atoms with Crippen LogP contribution in [-0.4, -0.2) is 30.7 Å². The highest BCUT2D eigenvalue weighted by Gasteiger charge is 2.56. The number of nitrogens with zero attached hydrogens (tertiary/aromatic N) is 2. The van der Waals surface area contributed by atoms with Crippen molar-refractivity contribution in [2.45, 2.75) is 31.6 Å². The smallest absolute Gasteiger partial charge is 0.229 e. The molecule has 0 radical (unpaired) electrons. The molecule has 7 nitrogen and oxygen atoms in total. The van der Waals surface area contributed by atoms with Crippen LogP contribution in [0.4, 0.5) is 5.69 Å². The summed E-state index contributed by atoms with van der Waals surface area (Å²) in [6.07, 6.45) is 3.10. The van der Waals surface area contributed by atoms with Gasteiger partial charge in [0.15, 0.2) is 5.78 Å². The zero-order valence-electron chi connectivity index (χ0n) is 19.1. The highest BCUT2D eigenvalue weighted by Crippen LogP contribution is 2.56. The molecule has 1 aromatic heterocycles. The van der Waals surface area contributed by atoms with E-state index >= 15 is 0 Å². The van der Waals surface area contributed by atoms with Gasteiger partial charge in [-0.1, -0.05) is 49.4 Å². The number of aromatic amines is 1. The van der Waals surface area contributed by atoms with Crippen LogP contribution in [0.5, 0.6) is 0 Å². The number of nitriles is 1. The van der Waals surface area contributed by atoms with Crippen LogP contribution in [0.15, 0.2) is 54.6 Å². The molecule has 2 aliphatic carbocycles. The second-order valence-corrected chi connectivity index (χ2v) is 11.2. The number of aromatic nitrogens is 2. The largest absolute Gasteiger partial charge is 0.298 e. The molecular weight excluding hydrogens is 448 g/mol. The summed E-state index contributed by atoms with van der Waals surface area (Å²) in [7, 11) is -3.40. The maximum absolute atomic E-state index is 13.0. The van der Waals surface area contributed by atoms with E-state index in [9.17, 15) is 18.5 Å². The molecule has 8 heteroatoms.